The molecule has 0 fully saturated rings. The minimum Gasteiger partial charge on any atom is -0.495 e. The number of benzene rings is 3. The predicted molar refractivity (Wildman–Crippen MR) is 119 cm³/mol. The average molecular weight is 418 g/mol. The number of rotatable bonds is 6. The molecule has 6 heteroatoms. The smallest absolute Gasteiger partial charge is 0.407 e. The Kier molecular flexibility index (Phi) is 5.89. The lowest BCUT2D eigenvalue weighted by Gasteiger charge is -2.14. The van der Waals surface area contributed by atoms with Crippen molar-refractivity contribution in [1.29, 1.82) is 0 Å². The molecule has 0 aliphatic heterocycles. The van der Waals surface area contributed by atoms with Crippen LogP contribution in [0.25, 0.3) is 17.2 Å². The van der Waals surface area contributed by atoms with Crippen molar-refractivity contribution >= 4 is 17.9 Å². The number of carbonyl (C=O) groups is 1. The first kappa shape index (κ1) is 20.5. The Morgan fingerprint density at radius 2 is 1.74 bits per heavy atom. The van der Waals surface area contributed by atoms with E-state index in [9.17, 15) is 9.18 Å². The third-order valence-corrected chi connectivity index (χ3v) is 5.35. The Hall–Kier alpha value is -3.80. The summed E-state index contributed by atoms with van der Waals surface area (Å²) in [7, 11) is 1.47. The summed E-state index contributed by atoms with van der Waals surface area (Å²) in [5.41, 5.74) is 10.9. The zero-order chi connectivity index (χ0) is 21.8. The molecule has 0 saturated heterocycles. The number of methoxy groups -OCH3 is 1. The van der Waals surface area contributed by atoms with E-state index >= 15 is 0 Å². The van der Waals surface area contributed by atoms with Crippen LogP contribution in [0.5, 0.6) is 5.75 Å². The van der Waals surface area contributed by atoms with E-state index in [0.29, 0.717) is 11.3 Å². The highest BCUT2D eigenvalue weighted by Crippen LogP contribution is 2.44. The van der Waals surface area contributed by atoms with Crippen molar-refractivity contribution in [3.05, 3.63) is 89.2 Å². The van der Waals surface area contributed by atoms with Crippen molar-refractivity contribution in [2.45, 2.75) is 5.92 Å². The zero-order valence-electron chi connectivity index (χ0n) is 17.1. The monoisotopic (exact) mass is 418 g/mol. The molecule has 5 nitrogen and oxygen atoms in total. The molecule has 0 aromatic heterocycles. The van der Waals surface area contributed by atoms with Gasteiger partial charge >= 0.3 is 6.09 Å². The molecule has 3 N–H and O–H groups in total. The van der Waals surface area contributed by atoms with Gasteiger partial charge in [-0.1, -0.05) is 60.7 Å². The molecule has 1 aliphatic carbocycles. The van der Waals surface area contributed by atoms with E-state index in [1.807, 2.05) is 24.3 Å². The molecule has 1 aliphatic rings. The summed E-state index contributed by atoms with van der Waals surface area (Å²) in [6.45, 7) is 0.441. The number of anilines is 1. The SMILES string of the molecule is COc1cc(C=CCNC(=O)OCC2c3ccccc3-c3ccccc32)c(F)cc1N. The summed E-state index contributed by atoms with van der Waals surface area (Å²) in [5.74, 6) is -0.0636. The number of fused-ring (bicyclic) bond motifs is 3. The molecule has 0 unspecified atom stereocenters. The molecule has 0 spiro atoms. The van der Waals surface area contributed by atoms with Crippen LogP contribution in [0.2, 0.25) is 0 Å². The van der Waals surface area contributed by atoms with Gasteiger partial charge in [0.1, 0.15) is 18.2 Å². The van der Waals surface area contributed by atoms with E-state index in [-0.39, 0.29) is 24.8 Å². The fraction of sp³-hybridized carbons (Fsp3) is 0.160. The predicted octanol–water partition coefficient (Wildman–Crippen LogP) is 4.97. The first-order chi connectivity index (χ1) is 15.1. The van der Waals surface area contributed by atoms with Gasteiger partial charge in [0.15, 0.2) is 0 Å². The molecule has 3 aromatic carbocycles. The topological polar surface area (TPSA) is 73.6 Å². The third kappa shape index (κ3) is 4.23. The lowest BCUT2D eigenvalue weighted by molar-refractivity contribution is 0.144. The van der Waals surface area contributed by atoms with Gasteiger partial charge in [-0.25, -0.2) is 9.18 Å². The number of alkyl carbamates (subject to hydrolysis) is 1. The van der Waals surface area contributed by atoms with Crippen molar-refractivity contribution < 1.29 is 18.7 Å². The third-order valence-electron chi connectivity index (χ3n) is 5.35. The van der Waals surface area contributed by atoms with Crippen LogP contribution in [0, 0.1) is 5.82 Å². The lowest BCUT2D eigenvalue weighted by Crippen LogP contribution is -2.26. The fourth-order valence-electron chi connectivity index (χ4n) is 3.87. The second-order valence-corrected chi connectivity index (χ2v) is 7.22. The van der Waals surface area contributed by atoms with Gasteiger partial charge < -0.3 is 20.5 Å². The maximum atomic E-state index is 14.0. The molecule has 1 amide bonds. The average Bonchev–Trinajstić information content (AvgIpc) is 3.10. The van der Waals surface area contributed by atoms with Crippen LogP contribution in [0.3, 0.4) is 0 Å². The maximum absolute atomic E-state index is 14.0. The van der Waals surface area contributed by atoms with Gasteiger partial charge in [0.25, 0.3) is 0 Å². The van der Waals surface area contributed by atoms with Crippen molar-refractivity contribution in [2.24, 2.45) is 0 Å². The summed E-state index contributed by atoms with van der Waals surface area (Å²) < 4.78 is 24.6. The first-order valence-corrected chi connectivity index (χ1v) is 9.97. The van der Waals surface area contributed by atoms with E-state index in [1.54, 1.807) is 12.2 Å². The zero-order valence-corrected chi connectivity index (χ0v) is 17.1. The number of ether oxygens (including phenoxy) is 2. The van der Waals surface area contributed by atoms with Gasteiger partial charge in [0.2, 0.25) is 0 Å². The number of amides is 1. The van der Waals surface area contributed by atoms with Crippen LogP contribution in [-0.2, 0) is 4.74 Å². The Bertz CT molecular complexity index is 1100. The number of hydrogen-bond acceptors (Lipinski definition) is 4. The molecule has 4 rings (SSSR count). The molecule has 0 saturated carbocycles. The highest BCUT2D eigenvalue weighted by molar-refractivity contribution is 5.79. The number of halogens is 1. The van der Waals surface area contributed by atoms with Gasteiger partial charge in [-0.3, -0.25) is 0 Å². The highest BCUT2D eigenvalue weighted by Gasteiger charge is 2.28. The van der Waals surface area contributed by atoms with Gasteiger partial charge in [-0.2, -0.15) is 0 Å². The molecule has 158 valence electrons. The number of nitrogens with two attached hydrogens (primary N) is 1. The largest absolute Gasteiger partial charge is 0.495 e. The van der Waals surface area contributed by atoms with Crippen molar-refractivity contribution in [3.63, 3.8) is 0 Å². The summed E-state index contributed by atoms with van der Waals surface area (Å²) >= 11 is 0. The highest BCUT2D eigenvalue weighted by atomic mass is 19.1. The van der Waals surface area contributed by atoms with E-state index in [4.69, 9.17) is 15.2 Å². The van der Waals surface area contributed by atoms with Gasteiger partial charge in [0, 0.05) is 24.1 Å². The lowest BCUT2D eigenvalue weighted by atomic mass is 9.98. The minimum atomic E-state index is -0.526. The first-order valence-electron chi connectivity index (χ1n) is 9.97. The summed E-state index contributed by atoms with van der Waals surface area (Å²) in [5, 5.41) is 2.66. The number of nitrogens with one attached hydrogen (secondary N) is 1. The summed E-state index contributed by atoms with van der Waals surface area (Å²) in [6.07, 6.45) is 2.66. The Labute approximate surface area is 180 Å². The molecular weight excluding hydrogens is 395 g/mol. The normalized spacial score (nSPS) is 12.5. The second-order valence-electron chi connectivity index (χ2n) is 7.22. The van der Waals surface area contributed by atoms with E-state index < -0.39 is 11.9 Å². The van der Waals surface area contributed by atoms with E-state index in [0.717, 1.165) is 11.1 Å². The summed E-state index contributed by atoms with van der Waals surface area (Å²) in [6, 6.07) is 19.0. The Morgan fingerprint density at radius 3 is 2.39 bits per heavy atom. The van der Waals surface area contributed by atoms with Crippen LogP contribution in [0.15, 0.2) is 66.7 Å². The number of carbonyl (C=O) groups excluding carboxylic acids is 1. The fourth-order valence-corrected chi connectivity index (χ4v) is 3.87. The van der Waals surface area contributed by atoms with Gasteiger partial charge in [-0.05, 0) is 28.3 Å². The van der Waals surface area contributed by atoms with Crippen molar-refractivity contribution in [2.75, 3.05) is 26.0 Å². The van der Waals surface area contributed by atoms with Crippen LogP contribution >= 0.6 is 0 Å². The van der Waals surface area contributed by atoms with Gasteiger partial charge in [-0.15, -0.1) is 0 Å². The van der Waals surface area contributed by atoms with Gasteiger partial charge in [0.05, 0.1) is 12.8 Å². The van der Waals surface area contributed by atoms with Crippen LogP contribution in [-0.4, -0.2) is 26.4 Å². The molecule has 0 atom stereocenters. The van der Waals surface area contributed by atoms with E-state index in [1.165, 1.54) is 30.4 Å². The van der Waals surface area contributed by atoms with Crippen LogP contribution in [0.1, 0.15) is 22.6 Å². The van der Waals surface area contributed by atoms with Crippen LogP contribution in [0.4, 0.5) is 14.9 Å². The Morgan fingerprint density at radius 1 is 1.10 bits per heavy atom. The number of hydrogen-bond donors (Lipinski definition) is 2. The second kappa shape index (κ2) is 8.92. The number of nitrogen functional groups attached to an aromatic ring is 1. The Balaban J connectivity index is 1.34. The quantitative estimate of drug-likeness (QED) is 0.555. The van der Waals surface area contributed by atoms with E-state index in [2.05, 4.69) is 29.6 Å². The minimum absolute atomic E-state index is 0.00466. The summed E-state index contributed by atoms with van der Waals surface area (Å²) in [4.78, 5) is 12.2. The molecule has 31 heavy (non-hydrogen) atoms. The molecule has 0 radical (unpaired) electrons. The molecule has 3 aromatic rings. The van der Waals surface area contributed by atoms with Crippen molar-refractivity contribution in [3.8, 4) is 16.9 Å². The van der Waals surface area contributed by atoms with Crippen LogP contribution < -0.4 is 15.8 Å². The maximum Gasteiger partial charge on any atom is 0.407 e. The standard InChI is InChI=1S/C25H23FN2O3/c1-30-24-13-16(22(26)14-23(24)27)7-6-12-28-25(29)31-15-21-19-10-4-2-8-17(19)18-9-3-5-11-20(18)21/h2-11,13-14,21H,12,15,27H2,1H3,(H,28,29). The molecule has 0 heterocycles. The van der Waals surface area contributed by atoms with Crippen molar-refractivity contribution in [1.82, 2.24) is 5.32 Å². The molecular formula is C25H23FN2O3. The molecule has 0 bridgehead atoms.